The summed E-state index contributed by atoms with van der Waals surface area (Å²) < 4.78 is 0. The van der Waals surface area contributed by atoms with Crippen molar-refractivity contribution in [3.05, 3.63) is 53.1 Å². The maximum atomic E-state index is 11.8. The van der Waals surface area contributed by atoms with Crippen LogP contribution in [0.15, 0.2) is 42.5 Å². The van der Waals surface area contributed by atoms with E-state index in [4.69, 9.17) is 11.6 Å². The molecule has 0 saturated carbocycles. The van der Waals surface area contributed by atoms with E-state index >= 15 is 0 Å². The monoisotopic (exact) mass is 276 g/mol. The summed E-state index contributed by atoms with van der Waals surface area (Å²) in [4.78, 5) is 11.8. The molecule has 0 unspecified atom stereocenters. The summed E-state index contributed by atoms with van der Waals surface area (Å²) in [6, 6.07) is 11.3. The molecular weight excluding hydrogens is 264 g/mol. The molecule has 4 nitrogen and oxygen atoms in total. The highest BCUT2D eigenvalue weighted by Crippen LogP contribution is 2.24. The van der Waals surface area contributed by atoms with Crippen LogP contribution >= 0.6 is 11.6 Å². The number of anilines is 2. The number of benzene rings is 2. The second kappa shape index (κ2) is 5.63. The van der Waals surface area contributed by atoms with E-state index in [1.807, 2.05) is 6.92 Å². The number of hydrogen-bond acceptors (Lipinski definition) is 2. The maximum Gasteiger partial charge on any atom is 0.323 e. The van der Waals surface area contributed by atoms with Crippen LogP contribution in [0.1, 0.15) is 5.56 Å². The van der Waals surface area contributed by atoms with Gasteiger partial charge in [-0.05, 0) is 36.8 Å². The van der Waals surface area contributed by atoms with Gasteiger partial charge in [0.1, 0.15) is 5.75 Å². The van der Waals surface area contributed by atoms with E-state index in [1.54, 1.807) is 36.4 Å². The molecule has 0 aromatic heterocycles. The minimum atomic E-state index is -0.438. The van der Waals surface area contributed by atoms with Crippen LogP contribution < -0.4 is 10.6 Å². The van der Waals surface area contributed by atoms with Gasteiger partial charge in [0.2, 0.25) is 0 Å². The van der Waals surface area contributed by atoms with E-state index < -0.39 is 6.03 Å². The third-order valence-corrected chi connectivity index (χ3v) is 3.08. The Bertz CT molecular complexity index is 614. The molecule has 2 aromatic carbocycles. The average Bonchev–Trinajstić information content (AvgIpc) is 2.38. The van der Waals surface area contributed by atoms with Gasteiger partial charge in [-0.1, -0.05) is 29.8 Å². The number of urea groups is 1. The summed E-state index contributed by atoms with van der Waals surface area (Å²) >= 11 is 5.97. The van der Waals surface area contributed by atoms with Crippen LogP contribution in [0.3, 0.4) is 0 Å². The predicted molar refractivity (Wildman–Crippen MR) is 76.9 cm³/mol. The molecule has 98 valence electrons. The number of para-hydroxylation sites is 2. The topological polar surface area (TPSA) is 61.4 Å². The van der Waals surface area contributed by atoms with Gasteiger partial charge in [0.15, 0.2) is 0 Å². The summed E-state index contributed by atoms with van der Waals surface area (Å²) in [5.41, 5.74) is 1.76. The predicted octanol–water partition coefficient (Wildman–Crippen LogP) is 4.00. The first kappa shape index (κ1) is 13.2. The smallest absolute Gasteiger partial charge is 0.323 e. The van der Waals surface area contributed by atoms with Crippen molar-refractivity contribution in [1.29, 1.82) is 0 Å². The standard InChI is InChI=1S/C14H13ClN2O2/c1-9-10(15)5-4-7-11(9)16-14(19)17-12-6-2-3-8-13(12)18/h2-8,18H,1H3,(H2,16,17,19). The number of nitrogens with one attached hydrogen (secondary N) is 2. The molecule has 2 amide bonds. The molecule has 0 fully saturated rings. The number of amides is 2. The SMILES string of the molecule is Cc1c(Cl)cccc1NC(=O)Nc1ccccc1O. The van der Waals surface area contributed by atoms with Crippen molar-refractivity contribution in [2.45, 2.75) is 6.92 Å². The lowest BCUT2D eigenvalue weighted by Gasteiger charge is -2.11. The molecule has 2 rings (SSSR count). The molecule has 5 heteroatoms. The second-order valence-corrected chi connectivity index (χ2v) is 4.42. The number of aromatic hydroxyl groups is 1. The Morgan fingerprint density at radius 2 is 1.68 bits per heavy atom. The van der Waals surface area contributed by atoms with E-state index in [9.17, 15) is 9.90 Å². The summed E-state index contributed by atoms with van der Waals surface area (Å²) in [6.45, 7) is 1.82. The van der Waals surface area contributed by atoms with Gasteiger partial charge in [0.25, 0.3) is 0 Å². The molecule has 0 atom stereocenters. The van der Waals surface area contributed by atoms with E-state index in [1.165, 1.54) is 6.07 Å². The van der Waals surface area contributed by atoms with Gasteiger partial charge in [-0.3, -0.25) is 0 Å². The Hall–Kier alpha value is -2.20. The van der Waals surface area contributed by atoms with Gasteiger partial charge in [-0.15, -0.1) is 0 Å². The minimum Gasteiger partial charge on any atom is -0.506 e. The van der Waals surface area contributed by atoms with Crippen molar-refractivity contribution in [2.75, 3.05) is 10.6 Å². The zero-order chi connectivity index (χ0) is 13.8. The van der Waals surface area contributed by atoms with Crippen LogP contribution in [0.4, 0.5) is 16.2 Å². The molecule has 3 N–H and O–H groups in total. The highest BCUT2D eigenvalue weighted by molar-refractivity contribution is 6.31. The molecule has 0 bridgehead atoms. The molecule has 19 heavy (non-hydrogen) atoms. The third kappa shape index (κ3) is 3.17. The number of phenols is 1. The second-order valence-electron chi connectivity index (χ2n) is 4.01. The average molecular weight is 277 g/mol. The Labute approximate surface area is 116 Å². The minimum absolute atomic E-state index is 0.0143. The first-order chi connectivity index (χ1) is 9.08. The summed E-state index contributed by atoms with van der Waals surface area (Å²) in [5.74, 6) is 0.0143. The number of rotatable bonds is 2. The highest BCUT2D eigenvalue weighted by Gasteiger charge is 2.08. The van der Waals surface area contributed by atoms with Gasteiger partial charge in [0.05, 0.1) is 5.69 Å². The zero-order valence-corrected chi connectivity index (χ0v) is 11.0. The number of carbonyl (C=O) groups is 1. The molecule has 0 spiro atoms. The van der Waals surface area contributed by atoms with Crippen molar-refractivity contribution < 1.29 is 9.90 Å². The molecule has 0 saturated heterocycles. The molecule has 0 heterocycles. The molecule has 0 aliphatic rings. The van der Waals surface area contributed by atoms with Gasteiger partial charge in [0, 0.05) is 10.7 Å². The number of hydrogen-bond donors (Lipinski definition) is 3. The van der Waals surface area contributed by atoms with Crippen LogP contribution in [-0.4, -0.2) is 11.1 Å². The molecule has 0 radical (unpaired) electrons. The Balaban J connectivity index is 2.10. The van der Waals surface area contributed by atoms with E-state index in [-0.39, 0.29) is 5.75 Å². The number of halogens is 1. The van der Waals surface area contributed by atoms with Crippen molar-refractivity contribution in [1.82, 2.24) is 0 Å². The fourth-order valence-electron chi connectivity index (χ4n) is 1.60. The quantitative estimate of drug-likeness (QED) is 0.726. The highest BCUT2D eigenvalue weighted by atomic mass is 35.5. The maximum absolute atomic E-state index is 11.8. The first-order valence-electron chi connectivity index (χ1n) is 5.69. The van der Waals surface area contributed by atoms with Gasteiger partial charge < -0.3 is 15.7 Å². The summed E-state index contributed by atoms with van der Waals surface area (Å²) in [7, 11) is 0. The van der Waals surface area contributed by atoms with Gasteiger partial charge in [-0.25, -0.2) is 4.79 Å². The Morgan fingerprint density at radius 1 is 1.05 bits per heavy atom. The lowest BCUT2D eigenvalue weighted by Crippen LogP contribution is -2.20. The van der Waals surface area contributed by atoms with Gasteiger partial charge >= 0.3 is 6.03 Å². The summed E-state index contributed by atoms with van der Waals surface area (Å²) in [5, 5.41) is 15.4. The van der Waals surface area contributed by atoms with Crippen molar-refractivity contribution >= 4 is 29.0 Å². The van der Waals surface area contributed by atoms with Crippen LogP contribution in [0.5, 0.6) is 5.75 Å². The van der Waals surface area contributed by atoms with Crippen molar-refractivity contribution in [3.8, 4) is 5.75 Å². The van der Waals surface area contributed by atoms with E-state index in [0.717, 1.165) is 5.56 Å². The summed E-state index contributed by atoms with van der Waals surface area (Å²) in [6.07, 6.45) is 0. The molecule has 0 aliphatic carbocycles. The lowest BCUT2D eigenvalue weighted by molar-refractivity contribution is 0.262. The molecular formula is C14H13ClN2O2. The Morgan fingerprint density at radius 3 is 2.42 bits per heavy atom. The van der Waals surface area contributed by atoms with Crippen LogP contribution in [0.2, 0.25) is 5.02 Å². The Kier molecular flexibility index (Phi) is 3.92. The fourth-order valence-corrected chi connectivity index (χ4v) is 1.77. The zero-order valence-electron chi connectivity index (χ0n) is 10.3. The lowest BCUT2D eigenvalue weighted by atomic mass is 10.2. The van der Waals surface area contributed by atoms with Crippen molar-refractivity contribution in [2.24, 2.45) is 0 Å². The first-order valence-corrected chi connectivity index (χ1v) is 6.07. The normalized spacial score (nSPS) is 10.0. The molecule has 2 aromatic rings. The molecule has 0 aliphatic heterocycles. The largest absolute Gasteiger partial charge is 0.506 e. The number of carbonyl (C=O) groups excluding carboxylic acids is 1. The van der Waals surface area contributed by atoms with Crippen LogP contribution in [0.25, 0.3) is 0 Å². The van der Waals surface area contributed by atoms with E-state index in [0.29, 0.717) is 16.4 Å². The third-order valence-electron chi connectivity index (χ3n) is 2.67. The van der Waals surface area contributed by atoms with E-state index in [2.05, 4.69) is 10.6 Å². The number of phenolic OH excluding ortho intramolecular Hbond substituents is 1. The van der Waals surface area contributed by atoms with Crippen molar-refractivity contribution in [3.63, 3.8) is 0 Å². The van der Waals surface area contributed by atoms with Crippen LogP contribution in [-0.2, 0) is 0 Å². The van der Waals surface area contributed by atoms with Crippen LogP contribution in [0, 0.1) is 6.92 Å². The van der Waals surface area contributed by atoms with Gasteiger partial charge in [-0.2, -0.15) is 0 Å². The fraction of sp³-hybridized carbons (Fsp3) is 0.0714.